The SMILES string of the molecule is C[C@@H](C(=O)N1C(=O)OC[C@H]1c1ccccc1)[C@@H](O)[C@@H]1CCCN1C(=O)OC(C)(C)C. The van der Waals surface area contributed by atoms with E-state index in [0.29, 0.717) is 19.4 Å². The van der Waals surface area contributed by atoms with Crippen molar-refractivity contribution in [2.75, 3.05) is 13.2 Å². The van der Waals surface area contributed by atoms with Crippen LogP contribution in [0.4, 0.5) is 9.59 Å². The van der Waals surface area contributed by atoms with Crippen LogP contribution in [0.5, 0.6) is 0 Å². The molecule has 8 nitrogen and oxygen atoms in total. The molecule has 3 amide bonds. The number of amides is 3. The fraction of sp³-hybridized carbons (Fsp3) is 0.591. The second-order valence-corrected chi connectivity index (χ2v) is 8.87. The van der Waals surface area contributed by atoms with Gasteiger partial charge in [-0.1, -0.05) is 37.3 Å². The molecule has 2 heterocycles. The van der Waals surface area contributed by atoms with E-state index in [1.807, 2.05) is 30.3 Å². The number of imide groups is 1. The molecule has 1 aromatic rings. The van der Waals surface area contributed by atoms with Crippen LogP contribution in [-0.4, -0.2) is 63.9 Å². The molecule has 30 heavy (non-hydrogen) atoms. The maximum atomic E-state index is 13.2. The lowest BCUT2D eigenvalue weighted by atomic mass is 9.94. The molecule has 0 aromatic heterocycles. The van der Waals surface area contributed by atoms with Crippen LogP contribution in [0.25, 0.3) is 0 Å². The van der Waals surface area contributed by atoms with Crippen LogP contribution in [0.1, 0.15) is 52.1 Å². The zero-order chi connectivity index (χ0) is 22.1. The van der Waals surface area contributed by atoms with E-state index in [1.54, 1.807) is 27.7 Å². The fourth-order valence-electron chi connectivity index (χ4n) is 3.98. The van der Waals surface area contributed by atoms with Gasteiger partial charge in [-0.2, -0.15) is 0 Å². The number of carbonyl (C=O) groups is 3. The summed E-state index contributed by atoms with van der Waals surface area (Å²) in [5, 5.41) is 11.0. The van der Waals surface area contributed by atoms with Gasteiger partial charge in [-0.15, -0.1) is 0 Å². The molecule has 1 N–H and O–H groups in total. The van der Waals surface area contributed by atoms with Gasteiger partial charge in [0.1, 0.15) is 18.2 Å². The van der Waals surface area contributed by atoms with Crippen molar-refractivity contribution in [2.24, 2.45) is 5.92 Å². The highest BCUT2D eigenvalue weighted by atomic mass is 16.6. The molecule has 1 aromatic carbocycles. The summed E-state index contributed by atoms with van der Waals surface area (Å²) < 4.78 is 10.6. The molecule has 4 atom stereocenters. The van der Waals surface area contributed by atoms with Crippen molar-refractivity contribution < 1.29 is 29.0 Å². The molecule has 8 heteroatoms. The highest BCUT2D eigenvalue weighted by Gasteiger charge is 2.45. The maximum Gasteiger partial charge on any atom is 0.417 e. The lowest BCUT2D eigenvalue weighted by Gasteiger charge is -2.34. The van der Waals surface area contributed by atoms with E-state index in [-0.39, 0.29) is 6.61 Å². The van der Waals surface area contributed by atoms with E-state index < -0.39 is 47.8 Å². The van der Waals surface area contributed by atoms with E-state index in [2.05, 4.69) is 0 Å². The number of hydrogen-bond donors (Lipinski definition) is 1. The number of aliphatic hydroxyl groups is 1. The molecule has 0 unspecified atom stereocenters. The monoisotopic (exact) mass is 418 g/mol. The molecule has 0 radical (unpaired) electrons. The quantitative estimate of drug-likeness (QED) is 0.807. The van der Waals surface area contributed by atoms with E-state index >= 15 is 0 Å². The van der Waals surface area contributed by atoms with Gasteiger partial charge in [0.2, 0.25) is 5.91 Å². The Morgan fingerprint density at radius 1 is 1.23 bits per heavy atom. The Morgan fingerprint density at radius 3 is 2.53 bits per heavy atom. The van der Waals surface area contributed by atoms with Gasteiger partial charge in [0.15, 0.2) is 0 Å². The first kappa shape index (κ1) is 22.1. The molecule has 0 aliphatic carbocycles. The van der Waals surface area contributed by atoms with Gasteiger partial charge >= 0.3 is 12.2 Å². The van der Waals surface area contributed by atoms with Crippen LogP contribution in [0.15, 0.2) is 30.3 Å². The van der Waals surface area contributed by atoms with Crippen molar-refractivity contribution in [3.8, 4) is 0 Å². The lowest BCUT2D eigenvalue weighted by molar-refractivity contribution is -0.138. The van der Waals surface area contributed by atoms with Gasteiger partial charge in [-0.05, 0) is 39.2 Å². The first-order chi connectivity index (χ1) is 14.1. The molecule has 0 bridgehead atoms. The Kier molecular flexibility index (Phi) is 6.36. The molecule has 2 saturated heterocycles. The largest absolute Gasteiger partial charge is 0.446 e. The first-order valence-corrected chi connectivity index (χ1v) is 10.3. The summed E-state index contributed by atoms with van der Waals surface area (Å²) in [4.78, 5) is 40.6. The summed E-state index contributed by atoms with van der Waals surface area (Å²) in [6.07, 6.45) is -1.09. The van der Waals surface area contributed by atoms with E-state index in [1.165, 1.54) is 4.90 Å². The third kappa shape index (κ3) is 4.59. The van der Waals surface area contributed by atoms with Gasteiger partial charge in [0.25, 0.3) is 0 Å². The van der Waals surface area contributed by atoms with Crippen molar-refractivity contribution in [3.63, 3.8) is 0 Å². The Balaban J connectivity index is 1.74. The molecular formula is C22H30N2O6. The van der Waals surface area contributed by atoms with E-state index in [4.69, 9.17) is 9.47 Å². The summed E-state index contributed by atoms with van der Waals surface area (Å²) in [5.74, 6) is -1.41. The minimum absolute atomic E-state index is 0.0743. The third-order valence-corrected chi connectivity index (χ3v) is 5.52. The van der Waals surface area contributed by atoms with Gasteiger partial charge in [-0.3, -0.25) is 4.79 Å². The average Bonchev–Trinajstić information content (AvgIpc) is 3.32. The van der Waals surface area contributed by atoms with Crippen LogP contribution >= 0.6 is 0 Å². The number of benzene rings is 1. The molecule has 164 valence electrons. The molecule has 2 aliphatic heterocycles. The number of ether oxygens (including phenoxy) is 2. The number of carbonyl (C=O) groups excluding carboxylic acids is 3. The van der Waals surface area contributed by atoms with Crippen LogP contribution in [0, 0.1) is 5.92 Å². The molecule has 0 spiro atoms. The number of aliphatic hydroxyl groups excluding tert-OH is 1. The van der Waals surface area contributed by atoms with Crippen molar-refractivity contribution >= 4 is 18.1 Å². The average molecular weight is 418 g/mol. The highest BCUT2D eigenvalue weighted by molar-refractivity contribution is 5.95. The van der Waals surface area contributed by atoms with Crippen LogP contribution < -0.4 is 0 Å². The van der Waals surface area contributed by atoms with Gasteiger partial charge in [0.05, 0.1) is 18.1 Å². The predicted octanol–water partition coefficient (Wildman–Crippen LogP) is 3.10. The minimum atomic E-state index is -1.13. The highest BCUT2D eigenvalue weighted by Crippen LogP contribution is 2.32. The second-order valence-electron chi connectivity index (χ2n) is 8.87. The Bertz CT molecular complexity index is 791. The number of likely N-dealkylation sites (tertiary alicyclic amines) is 1. The standard InChI is InChI=1S/C22H30N2O6/c1-14(18(25)16-11-8-12-23(16)20(27)30-22(2,3)4)19(26)24-17(13-29-21(24)28)15-9-6-5-7-10-15/h5-7,9-10,14,16-18,25H,8,11-13H2,1-4H3/t14-,16+,17+,18-/m1/s1. The zero-order valence-electron chi connectivity index (χ0n) is 17.9. The summed E-state index contributed by atoms with van der Waals surface area (Å²) >= 11 is 0. The molecule has 3 rings (SSSR count). The number of rotatable bonds is 4. The Labute approximate surface area is 176 Å². The van der Waals surface area contributed by atoms with Crippen molar-refractivity contribution in [1.29, 1.82) is 0 Å². The predicted molar refractivity (Wildman–Crippen MR) is 109 cm³/mol. The summed E-state index contributed by atoms with van der Waals surface area (Å²) in [7, 11) is 0. The van der Waals surface area contributed by atoms with Gasteiger partial charge in [0, 0.05) is 6.54 Å². The minimum Gasteiger partial charge on any atom is -0.446 e. The Morgan fingerprint density at radius 2 is 1.90 bits per heavy atom. The maximum absolute atomic E-state index is 13.2. The van der Waals surface area contributed by atoms with Crippen molar-refractivity contribution in [3.05, 3.63) is 35.9 Å². The molecule has 0 saturated carbocycles. The number of hydrogen-bond acceptors (Lipinski definition) is 6. The Hall–Kier alpha value is -2.61. The van der Waals surface area contributed by atoms with Gasteiger partial charge in [-0.25, -0.2) is 14.5 Å². The fourth-order valence-corrected chi connectivity index (χ4v) is 3.98. The number of nitrogens with zero attached hydrogens (tertiary/aromatic N) is 2. The van der Waals surface area contributed by atoms with Crippen molar-refractivity contribution in [2.45, 2.75) is 64.3 Å². The summed E-state index contributed by atoms with van der Waals surface area (Å²) in [6.45, 7) is 7.44. The topological polar surface area (TPSA) is 96.4 Å². The molecule has 2 fully saturated rings. The number of cyclic esters (lactones) is 1. The molecule has 2 aliphatic rings. The normalized spacial score (nSPS) is 23.8. The zero-order valence-corrected chi connectivity index (χ0v) is 17.9. The second kappa shape index (κ2) is 8.63. The smallest absolute Gasteiger partial charge is 0.417 e. The summed E-state index contributed by atoms with van der Waals surface area (Å²) in [6, 6.07) is 8.08. The van der Waals surface area contributed by atoms with Crippen molar-refractivity contribution in [1.82, 2.24) is 9.80 Å². The first-order valence-electron chi connectivity index (χ1n) is 10.3. The van der Waals surface area contributed by atoms with Crippen LogP contribution in [0.2, 0.25) is 0 Å². The van der Waals surface area contributed by atoms with Crippen LogP contribution in [0.3, 0.4) is 0 Å². The van der Waals surface area contributed by atoms with Gasteiger partial charge < -0.3 is 19.5 Å². The molecular weight excluding hydrogens is 388 g/mol. The van der Waals surface area contributed by atoms with E-state index in [0.717, 1.165) is 10.5 Å². The van der Waals surface area contributed by atoms with Crippen LogP contribution in [-0.2, 0) is 14.3 Å². The third-order valence-electron chi connectivity index (χ3n) is 5.52. The summed E-state index contributed by atoms with van der Waals surface area (Å²) in [5.41, 5.74) is 0.133. The van der Waals surface area contributed by atoms with E-state index in [9.17, 15) is 19.5 Å². The lowest BCUT2D eigenvalue weighted by Crippen LogP contribution is -2.51.